The summed E-state index contributed by atoms with van der Waals surface area (Å²) in [6.45, 7) is 0. The van der Waals surface area contributed by atoms with E-state index in [0.29, 0.717) is 0 Å². The molecule has 4 unspecified atom stereocenters. The molecule has 0 bridgehead atoms. The summed E-state index contributed by atoms with van der Waals surface area (Å²) in [5, 5.41) is 0.337. The lowest BCUT2D eigenvalue weighted by Gasteiger charge is -2.27. The van der Waals surface area contributed by atoms with Crippen molar-refractivity contribution in [3.63, 3.8) is 0 Å². The molecular weight excluding hydrogens is 516 g/mol. The molecule has 36 heavy (non-hydrogen) atoms. The maximum Gasteiger partial charge on any atom is 0.318 e. The molecule has 188 valence electrons. The maximum atomic E-state index is 12.9. The molecular formula is C22H18N2O10S2. The minimum Gasteiger partial charge on any atom is -0.272 e. The SMILES string of the molecule is O=C1C2CC3C(=O)N(OS(=O)(=O)c4ccccc4)C(=O)C3CC2C(=O)N1OS(=O)(=O)c1ccccc1. The lowest BCUT2D eigenvalue weighted by atomic mass is 9.70. The van der Waals surface area contributed by atoms with Crippen molar-refractivity contribution < 1.29 is 44.6 Å². The number of nitrogens with zero attached hydrogens (tertiary/aromatic N) is 2. The lowest BCUT2D eigenvalue weighted by molar-refractivity contribution is -0.166. The highest BCUT2D eigenvalue weighted by Gasteiger charge is 2.61. The maximum absolute atomic E-state index is 12.9. The number of benzene rings is 2. The highest BCUT2D eigenvalue weighted by molar-refractivity contribution is 7.87. The Morgan fingerprint density at radius 3 is 1.08 bits per heavy atom. The largest absolute Gasteiger partial charge is 0.318 e. The van der Waals surface area contributed by atoms with Gasteiger partial charge in [0, 0.05) is 0 Å². The van der Waals surface area contributed by atoms with Crippen LogP contribution in [0.15, 0.2) is 70.5 Å². The molecule has 12 nitrogen and oxygen atoms in total. The fraction of sp³-hybridized carbons (Fsp3) is 0.273. The van der Waals surface area contributed by atoms with Gasteiger partial charge in [-0.3, -0.25) is 19.2 Å². The van der Waals surface area contributed by atoms with Crippen LogP contribution in [0.25, 0.3) is 0 Å². The van der Waals surface area contributed by atoms with Crippen LogP contribution in [0.1, 0.15) is 12.8 Å². The standard InChI is InChI=1S/C22H18N2O10S2/c25-19-15-11-17-18(22(28)24(21(17)27)34-36(31,32)14-9-5-2-6-10-14)12-16(15)20(26)23(19)33-35(29,30)13-7-3-1-4-8-13/h1-10,15-18H,11-12H2. The molecule has 1 aliphatic carbocycles. The second kappa shape index (κ2) is 8.58. The van der Waals surface area contributed by atoms with Gasteiger partial charge in [0.05, 0.1) is 33.5 Å². The molecule has 5 rings (SSSR count). The zero-order valence-corrected chi connectivity index (χ0v) is 19.9. The van der Waals surface area contributed by atoms with Crippen molar-refractivity contribution in [3.05, 3.63) is 60.7 Å². The molecule has 2 aliphatic heterocycles. The summed E-state index contributed by atoms with van der Waals surface area (Å²) in [7, 11) is -8.99. The van der Waals surface area contributed by atoms with Crippen LogP contribution in [0.2, 0.25) is 0 Å². The predicted molar refractivity (Wildman–Crippen MR) is 116 cm³/mol. The average molecular weight is 535 g/mol. The van der Waals surface area contributed by atoms with E-state index in [1.807, 2.05) is 0 Å². The summed E-state index contributed by atoms with van der Waals surface area (Å²) < 4.78 is 59.8. The van der Waals surface area contributed by atoms with Crippen molar-refractivity contribution >= 4 is 43.9 Å². The number of hydrogen-bond acceptors (Lipinski definition) is 10. The van der Waals surface area contributed by atoms with Crippen molar-refractivity contribution in [1.82, 2.24) is 10.1 Å². The molecule has 3 fully saturated rings. The summed E-state index contributed by atoms with van der Waals surface area (Å²) in [4.78, 5) is 51.1. The van der Waals surface area contributed by atoms with Gasteiger partial charge in [0.2, 0.25) is 0 Å². The van der Waals surface area contributed by atoms with Gasteiger partial charge in [-0.1, -0.05) is 36.4 Å². The summed E-state index contributed by atoms with van der Waals surface area (Å²) in [5.41, 5.74) is 0. The molecule has 2 heterocycles. The van der Waals surface area contributed by atoms with Gasteiger partial charge in [-0.2, -0.15) is 16.8 Å². The molecule has 0 radical (unpaired) electrons. The molecule has 0 spiro atoms. The molecule has 14 heteroatoms. The molecule has 0 N–H and O–H groups in total. The molecule has 1 saturated carbocycles. The third kappa shape index (κ3) is 3.91. The molecule has 2 aromatic carbocycles. The number of amides is 4. The van der Waals surface area contributed by atoms with Crippen molar-refractivity contribution in [3.8, 4) is 0 Å². The fourth-order valence-electron chi connectivity index (χ4n) is 4.72. The van der Waals surface area contributed by atoms with E-state index in [0.717, 1.165) is 0 Å². The Labute approximate surface area is 205 Å². The van der Waals surface area contributed by atoms with Gasteiger partial charge in [-0.25, -0.2) is 0 Å². The second-order valence-electron chi connectivity index (χ2n) is 8.52. The highest BCUT2D eigenvalue weighted by Crippen LogP contribution is 2.48. The average Bonchev–Trinajstić information content (AvgIpc) is 3.23. The minimum atomic E-state index is -4.49. The quantitative estimate of drug-likeness (QED) is 0.480. The molecule has 2 aromatic rings. The van der Waals surface area contributed by atoms with Crippen molar-refractivity contribution in [2.24, 2.45) is 23.7 Å². The van der Waals surface area contributed by atoms with E-state index in [1.165, 1.54) is 48.5 Å². The van der Waals surface area contributed by atoms with Gasteiger partial charge < -0.3 is 0 Å². The second-order valence-corrected chi connectivity index (χ2v) is 11.6. The van der Waals surface area contributed by atoms with E-state index < -0.39 is 67.5 Å². The Morgan fingerprint density at radius 1 is 0.528 bits per heavy atom. The van der Waals surface area contributed by atoms with Gasteiger partial charge in [-0.15, -0.1) is 18.7 Å². The highest BCUT2D eigenvalue weighted by atomic mass is 32.2. The van der Waals surface area contributed by atoms with Crippen LogP contribution in [0, 0.1) is 23.7 Å². The van der Waals surface area contributed by atoms with E-state index in [1.54, 1.807) is 12.1 Å². The van der Waals surface area contributed by atoms with Crippen molar-refractivity contribution in [2.75, 3.05) is 0 Å². The molecule has 4 atom stereocenters. The number of fused-ring (bicyclic) bond motifs is 2. The third-order valence-corrected chi connectivity index (χ3v) is 8.86. The van der Waals surface area contributed by atoms with E-state index >= 15 is 0 Å². The first-order valence-corrected chi connectivity index (χ1v) is 13.6. The predicted octanol–water partition coefficient (Wildman–Crippen LogP) is 0.624. The van der Waals surface area contributed by atoms with Gasteiger partial charge in [0.1, 0.15) is 0 Å². The number of hydrogen-bond donors (Lipinski definition) is 0. The minimum absolute atomic E-state index is 0.168. The van der Waals surface area contributed by atoms with Crippen LogP contribution in [0.5, 0.6) is 0 Å². The number of imide groups is 2. The van der Waals surface area contributed by atoms with Gasteiger partial charge in [0.25, 0.3) is 23.6 Å². The Morgan fingerprint density at radius 2 is 0.806 bits per heavy atom. The Balaban J connectivity index is 1.35. The monoisotopic (exact) mass is 534 g/mol. The molecule has 2 saturated heterocycles. The molecule has 4 amide bonds. The number of rotatable bonds is 6. The first kappa shape index (κ1) is 24.2. The van der Waals surface area contributed by atoms with Crippen molar-refractivity contribution in [2.45, 2.75) is 22.6 Å². The smallest absolute Gasteiger partial charge is 0.272 e. The van der Waals surface area contributed by atoms with Crippen LogP contribution < -0.4 is 0 Å². The van der Waals surface area contributed by atoms with Gasteiger partial charge >= 0.3 is 20.2 Å². The third-order valence-electron chi connectivity index (χ3n) is 6.47. The van der Waals surface area contributed by atoms with E-state index in [2.05, 4.69) is 0 Å². The van der Waals surface area contributed by atoms with Crippen LogP contribution >= 0.6 is 0 Å². The fourth-order valence-corrected chi connectivity index (χ4v) is 6.56. The zero-order valence-electron chi connectivity index (χ0n) is 18.3. The first-order chi connectivity index (χ1) is 17.0. The summed E-state index contributed by atoms with van der Waals surface area (Å²) in [6, 6.07) is 13.8. The van der Waals surface area contributed by atoms with Crippen LogP contribution in [0.3, 0.4) is 0 Å². The first-order valence-electron chi connectivity index (χ1n) is 10.8. The van der Waals surface area contributed by atoms with Gasteiger partial charge in [-0.05, 0) is 37.1 Å². The Kier molecular flexibility index (Phi) is 5.78. The van der Waals surface area contributed by atoms with Crippen LogP contribution in [-0.2, 0) is 48.0 Å². The summed E-state index contributed by atoms with van der Waals surface area (Å²) in [5.74, 6) is -8.31. The van der Waals surface area contributed by atoms with Crippen LogP contribution in [0.4, 0.5) is 0 Å². The normalized spacial score (nSPS) is 26.3. The zero-order chi connectivity index (χ0) is 25.8. The van der Waals surface area contributed by atoms with Crippen molar-refractivity contribution in [1.29, 1.82) is 0 Å². The van der Waals surface area contributed by atoms with E-state index in [4.69, 9.17) is 8.57 Å². The Hall–Kier alpha value is -3.46. The summed E-state index contributed by atoms with van der Waals surface area (Å²) >= 11 is 0. The van der Waals surface area contributed by atoms with Crippen LogP contribution in [-0.4, -0.2) is 50.6 Å². The molecule has 3 aliphatic rings. The van der Waals surface area contributed by atoms with E-state index in [-0.39, 0.29) is 32.8 Å². The van der Waals surface area contributed by atoms with Gasteiger partial charge in [0.15, 0.2) is 0 Å². The lowest BCUT2D eigenvalue weighted by Crippen LogP contribution is -2.35. The number of carbonyl (C=O) groups is 4. The number of carbonyl (C=O) groups excluding carboxylic acids is 4. The summed E-state index contributed by atoms with van der Waals surface area (Å²) in [6.07, 6.45) is -0.554. The topological polar surface area (TPSA) is 161 Å². The number of hydroxylamine groups is 4. The Bertz CT molecular complexity index is 1320. The molecule has 0 aromatic heterocycles. The van der Waals surface area contributed by atoms with E-state index in [9.17, 15) is 36.0 Å².